The SMILES string of the molecule is O=S1(=O)C(c2cccc(F)c2)=CN=C1Br. The Balaban J connectivity index is 2.54. The zero-order chi connectivity index (χ0) is 11.1. The first-order valence-corrected chi connectivity index (χ1v) is 6.24. The average molecular weight is 290 g/mol. The molecule has 1 aliphatic rings. The van der Waals surface area contributed by atoms with Crippen molar-refractivity contribution < 1.29 is 12.8 Å². The second-order valence-electron chi connectivity index (χ2n) is 2.89. The van der Waals surface area contributed by atoms with Crippen molar-refractivity contribution in [3.63, 3.8) is 0 Å². The van der Waals surface area contributed by atoms with Crippen LogP contribution < -0.4 is 0 Å². The molecule has 1 heterocycles. The molecule has 0 fully saturated rings. The fourth-order valence-corrected chi connectivity index (χ4v) is 2.84. The van der Waals surface area contributed by atoms with Crippen LogP contribution in [0.15, 0.2) is 35.5 Å². The summed E-state index contributed by atoms with van der Waals surface area (Å²) in [5.41, 5.74) is 0.299. The standard InChI is InChI=1S/C9H5BrFNO2S/c10-9-12-5-8(15(9,13)14)6-2-1-3-7(11)4-6/h1-5H. The van der Waals surface area contributed by atoms with Gasteiger partial charge in [-0.1, -0.05) is 12.1 Å². The third-order valence-corrected chi connectivity index (χ3v) is 4.86. The van der Waals surface area contributed by atoms with Crippen molar-refractivity contribution >= 4 is 34.6 Å². The van der Waals surface area contributed by atoms with Gasteiger partial charge >= 0.3 is 0 Å². The van der Waals surface area contributed by atoms with E-state index in [4.69, 9.17) is 0 Å². The van der Waals surface area contributed by atoms with Gasteiger partial charge in [-0.15, -0.1) is 0 Å². The molecule has 0 saturated carbocycles. The third-order valence-electron chi connectivity index (χ3n) is 1.90. The van der Waals surface area contributed by atoms with E-state index in [1.807, 2.05) is 0 Å². The lowest BCUT2D eigenvalue weighted by atomic mass is 10.2. The molecule has 1 aromatic carbocycles. The topological polar surface area (TPSA) is 46.5 Å². The van der Waals surface area contributed by atoms with Crippen molar-refractivity contribution in [2.24, 2.45) is 4.99 Å². The molecule has 78 valence electrons. The summed E-state index contributed by atoms with van der Waals surface area (Å²) >= 11 is 2.83. The minimum absolute atomic E-state index is 0.00822. The Morgan fingerprint density at radius 1 is 1.33 bits per heavy atom. The molecule has 0 bridgehead atoms. The smallest absolute Gasteiger partial charge is 0.232 e. The summed E-state index contributed by atoms with van der Waals surface area (Å²) in [7, 11) is -3.57. The summed E-state index contributed by atoms with van der Waals surface area (Å²) in [5, 5.41) is 0. The third kappa shape index (κ3) is 1.74. The van der Waals surface area contributed by atoms with E-state index in [1.165, 1.54) is 24.4 Å². The Bertz CT molecular complexity index is 578. The first-order valence-electron chi connectivity index (χ1n) is 3.96. The van der Waals surface area contributed by atoms with Crippen molar-refractivity contribution in [3.8, 4) is 0 Å². The summed E-state index contributed by atoms with van der Waals surface area (Å²) in [6.07, 6.45) is 1.20. The molecule has 0 aromatic heterocycles. The van der Waals surface area contributed by atoms with Gasteiger partial charge in [0.05, 0.1) is 4.91 Å². The number of hydrogen-bond donors (Lipinski definition) is 0. The van der Waals surface area contributed by atoms with Crippen LogP contribution in [0, 0.1) is 5.82 Å². The van der Waals surface area contributed by atoms with Gasteiger partial charge in [0.25, 0.3) is 0 Å². The van der Waals surface area contributed by atoms with E-state index in [1.54, 1.807) is 0 Å². The van der Waals surface area contributed by atoms with Crippen molar-refractivity contribution in [1.82, 2.24) is 0 Å². The highest BCUT2D eigenvalue weighted by molar-refractivity contribution is 9.22. The van der Waals surface area contributed by atoms with Gasteiger partial charge in [-0.05, 0) is 33.6 Å². The fourth-order valence-electron chi connectivity index (χ4n) is 1.21. The van der Waals surface area contributed by atoms with Gasteiger partial charge in [0, 0.05) is 6.20 Å². The van der Waals surface area contributed by atoms with Crippen LogP contribution in [0.2, 0.25) is 0 Å². The van der Waals surface area contributed by atoms with Gasteiger partial charge in [0.2, 0.25) is 13.8 Å². The number of nitrogens with zero attached hydrogens (tertiary/aromatic N) is 1. The largest absolute Gasteiger partial charge is 0.236 e. The maximum atomic E-state index is 12.9. The molecule has 2 rings (SSSR count). The number of rotatable bonds is 1. The molecule has 15 heavy (non-hydrogen) atoms. The van der Waals surface area contributed by atoms with Crippen molar-refractivity contribution in [3.05, 3.63) is 41.8 Å². The number of hydrogen-bond acceptors (Lipinski definition) is 3. The Morgan fingerprint density at radius 3 is 2.60 bits per heavy atom. The molecule has 0 amide bonds. The van der Waals surface area contributed by atoms with E-state index >= 15 is 0 Å². The quantitative estimate of drug-likeness (QED) is 0.796. The molecular weight excluding hydrogens is 285 g/mol. The lowest BCUT2D eigenvalue weighted by molar-refractivity contribution is 0.617. The molecule has 1 aromatic rings. The highest BCUT2D eigenvalue weighted by atomic mass is 79.9. The highest BCUT2D eigenvalue weighted by Gasteiger charge is 2.28. The molecule has 6 heteroatoms. The Morgan fingerprint density at radius 2 is 2.07 bits per heavy atom. The molecule has 0 atom stereocenters. The van der Waals surface area contributed by atoms with Crippen molar-refractivity contribution in [2.75, 3.05) is 0 Å². The normalized spacial score (nSPS) is 18.5. The Hall–Kier alpha value is -1.01. The zero-order valence-corrected chi connectivity index (χ0v) is 9.72. The Kier molecular flexibility index (Phi) is 2.47. The predicted molar refractivity (Wildman–Crippen MR) is 59.7 cm³/mol. The second kappa shape index (κ2) is 3.53. The lowest BCUT2D eigenvalue weighted by Gasteiger charge is -2.01. The van der Waals surface area contributed by atoms with Gasteiger partial charge in [-0.2, -0.15) is 0 Å². The molecule has 0 spiro atoms. The molecule has 0 unspecified atom stereocenters. The lowest BCUT2D eigenvalue weighted by Crippen LogP contribution is -2.05. The fraction of sp³-hybridized carbons (Fsp3) is 0. The predicted octanol–water partition coefficient (Wildman–Crippen LogP) is 2.30. The minimum Gasteiger partial charge on any atom is -0.236 e. The summed E-state index contributed by atoms with van der Waals surface area (Å²) in [5.74, 6) is -0.480. The monoisotopic (exact) mass is 289 g/mol. The minimum atomic E-state index is -3.57. The molecule has 0 saturated heterocycles. The first kappa shape index (κ1) is 10.5. The number of halogens is 2. The number of sulfone groups is 1. The zero-order valence-electron chi connectivity index (χ0n) is 7.31. The van der Waals surface area contributed by atoms with Crippen LogP contribution in [-0.4, -0.2) is 12.4 Å². The maximum Gasteiger partial charge on any atom is 0.232 e. The molecule has 0 N–H and O–H groups in total. The van der Waals surface area contributed by atoms with Gasteiger partial charge < -0.3 is 0 Å². The van der Waals surface area contributed by atoms with Gasteiger partial charge in [0.15, 0.2) is 0 Å². The average Bonchev–Trinajstić information content (AvgIpc) is 2.42. The van der Waals surface area contributed by atoms with Crippen LogP contribution in [0.3, 0.4) is 0 Å². The van der Waals surface area contributed by atoms with Gasteiger partial charge in [-0.3, -0.25) is 0 Å². The van der Waals surface area contributed by atoms with E-state index in [-0.39, 0.29) is 8.86 Å². The number of aliphatic imine (C=N–C) groups is 1. The van der Waals surface area contributed by atoms with Crippen molar-refractivity contribution in [2.45, 2.75) is 0 Å². The van der Waals surface area contributed by atoms with E-state index in [0.29, 0.717) is 5.56 Å². The maximum absolute atomic E-state index is 12.9. The van der Waals surface area contributed by atoms with Crippen molar-refractivity contribution in [1.29, 1.82) is 0 Å². The van der Waals surface area contributed by atoms with Crippen LogP contribution in [0.25, 0.3) is 4.91 Å². The first-order chi connectivity index (χ1) is 7.01. The van der Waals surface area contributed by atoms with E-state index in [0.717, 1.165) is 6.07 Å². The summed E-state index contributed by atoms with van der Waals surface area (Å²) < 4.78 is 36.0. The molecular formula is C9H5BrFNO2S. The van der Waals surface area contributed by atoms with E-state index in [2.05, 4.69) is 20.9 Å². The number of benzene rings is 1. The van der Waals surface area contributed by atoms with Crippen LogP contribution in [0.1, 0.15) is 5.56 Å². The van der Waals surface area contributed by atoms with Crippen LogP contribution >= 0.6 is 15.9 Å². The Labute approximate surface area is 94.4 Å². The second-order valence-corrected chi connectivity index (χ2v) is 6.00. The summed E-state index contributed by atoms with van der Waals surface area (Å²) in [4.78, 5) is 3.65. The molecule has 3 nitrogen and oxygen atoms in total. The van der Waals surface area contributed by atoms with Crippen LogP contribution in [0.5, 0.6) is 0 Å². The van der Waals surface area contributed by atoms with Gasteiger partial charge in [-0.25, -0.2) is 17.8 Å². The molecule has 0 aliphatic carbocycles. The van der Waals surface area contributed by atoms with E-state index < -0.39 is 15.7 Å². The van der Waals surface area contributed by atoms with E-state index in [9.17, 15) is 12.8 Å². The molecule has 0 radical (unpaired) electrons. The summed E-state index contributed by atoms with van der Waals surface area (Å²) in [6, 6.07) is 5.38. The summed E-state index contributed by atoms with van der Waals surface area (Å²) in [6.45, 7) is 0. The van der Waals surface area contributed by atoms with Crippen LogP contribution in [0.4, 0.5) is 4.39 Å². The van der Waals surface area contributed by atoms with Gasteiger partial charge in [0.1, 0.15) is 5.82 Å². The molecule has 1 aliphatic heterocycles. The van der Waals surface area contributed by atoms with Crippen LogP contribution in [-0.2, 0) is 9.84 Å². The highest BCUT2D eigenvalue weighted by Crippen LogP contribution is 2.29.